The molecule has 11 heteroatoms. The number of carbonyl (C=O) groups is 2. The van der Waals surface area contributed by atoms with E-state index in [4.69, 9.17) is 18.9 Å². The van der Waals surface area contributed by atoms with Crippen LogP contribution in [0.3, 0.4) is 0 Å². The molecular formula is C35H51F2N3O6. The number of fused-ring (bicyclic) bond motifs is 1. The lowest BCUT2D eigenvalue weighted by Crippen LogP contribution is -2.49. The van der Waals surface area contributed by atoms with Gasteiger partial charge in [0.05, 0.1) is 33.4 Å². The number of benzene rings is 2. The number of ether oxygens (including phenoxy) is 4. The van der Waals surface area contributed by atoms with Gasteiger partial charge in [-0.25, -0.2) is 18.4 Å². The van der Waals surface area contributed by atoms with Crippen molar-refractivity contribution in [2.45, 2.75) is 80.0 Å². The van der Waals surface area contributed by atoms with Crippen LogP contribution in [0.2, 0.25) is 0 Å². The monoisotopic (exact) mass is 647 g/mol. The highest BCUT2D eigenvalue weighted by Gasteiger charge is 2.32. The summed E-state index contributed by atoms with van der Waals surface area (Å²) < 4.78 is 50.1. The third-order valence-corrected chi connectivity index (χ3v) is 7.39. The number of esters is 1. The summed E-state index contributed by atoms with van der Waals surface area (Å²) in [4.78, 5) is 29.2. The van der Waals surface area contributed by atoms with E-state index in [1.54, 1.807) is 36.4 Å². The second-order valence-electron chi connectivity index (χ2n) is 11.4. The second kappa shape index (κ2) is 17.3. The Morgan fingerprint density at radius 3 is 2.17 bits per heavy atom. The third-order valence-electron chi connectivity index (χ3n) is 7.39. The molecule has 1 unspecified atom stereocenters. The first kappa shape index (κ1) is 38.5. The Balaban J connectivity index is 0.00000177. The Bertz CT molecular complexity index is 1450. The topological polar surface area (TPSA) is 82.5 Å². The van der Waals surface area contributed by atoms with Gasteiger partial charge in [-0.1, -0.05) is 33.8 Å². The number of halogens is 2. The van der Waals surface area contributed by atoms with Crippen LogP contribution in [0.5, 0.6) is 11.5 Å². The fourth-order valence-electron chi connectivity index (χ4n) is 5.51. The number of carbonyl (C=O) groups excluding carboxylic acids is 2. The van der Waals surface area contributed by atoms with Gasteiger partial charge >= 0.3 is 12.1 Å². The van der Waals surface area contributed by atoms with Crippen molar-refractivity contribution in [2.24, 2.45) is 0 Å². The number of alkyl halides is 2. The van der Waals surface area contributed by atoms with E-state index in [1.165, 1.54) is 18.8 Å². The zero-order chi connectivity index (χ0) is 34.8. The highest BCUT2D eigenvalue weighted by Crippen LogP contribution is 2.37. The molecule has 9 nitrogen and oxygen atoms in total. The minimum absolute atomic E-state index is 0.279. The summed E-state index contributed by atoms with van der Waals surface area (Å²) in [5, 5.41) is 0.838. The maximum atomic E-state index is 13.4. The molecule has 0 radical (unpaired) electrons. The predicted molar refractivity (Wildman–Crippen MR) is 177 cm³/mol. The van der Waals surface area contributed by atoms with Crippen LogP contribution in [0.1, 0.15) is 81.6 Å². The molecule has 1 aliphatic rings. The maximum absolute atomic E-state index is 13.4. The number of hydrogen-bond acceptors (Lipinski definition) is 8. The number of piperazine rings is 1. The van der Waals surface area contributed by atoms with Gasteiger partial charge in [0.25, 0.3) is 6.43 Å². The molecule has 0 N–H and O–H groups in total. The molecular weight excluding hydrogens is 596 g/mol. The molecule has 0 spiro atoms. The maximum Gasteiger partial charge on any atom is 0.419 e. The van der Waals surface area contributed by atoms with Crippen LogP contribution in [-0.2, 0) is 16.0 Å². The summed E-state index contributed by atoms with van der Waals surface area (Å²) in [6.45, 7) is 16.8. The molecule has 1 fully saturated rings. The first-order chi connectivity index (χ1) is 21.9. The molecule has 3 aromatic rings. The van der Waals surface area contributed by atoms with Gasteiger partial charge in [-0.2, -0.15) is 0 Å². The number of rotatable bonds is 8. The van der Waals surface area contributed by atoms with Gasteiger partial charge < -0.3 is 18.9 Å². The second-order valence-corrected chi connectivity index (χ2v) is 11.4. The van der Waals surface area contributed by atoms with Crippen molar-refractivity contribution in [1.82, 2.24) is 14.4 Å². The number of hydrogen-bond donors (Lipinski definition) is 0. The average molecular weight is 648 g/mol. The Hall–Kier alpha value is -3.70. The van der Waals surface area contributed by atoms with E-state index in [1.807, 2.05) is 67.5 Å². The lowest BCUT2D eigenvalue weighted by molar-refractivity contribution is 0.0245. The summed E-state index contributed by atoms with van der Waals surface area (Å²) >= 11 is 0. The summed E-state index contributed by atoms with van der Waals surface area (Å²) in [6.07, 6.45) is -1.24. The van der Waals surface area contributed by atoms with Crippen LogP contribution in [-0.4, -0.2) is 86.0 Å². The minimum Gasteiger partial charge on any atom is -0.496 e. The fourth-order valence-corrected chi connectivity index (χ4v) is 5.51. The van der Waals surface area contributed by atoms with Crippen molar-refractivity contribution in [3.63, 3.8) is 0 Å². The fraction of sp³-hybridized carbons (Fsp3) is 0.543. The van der Waals surface area contributed by atoms with Gasteiger partial charge in [0.15, 0.2) is 0 Å². The SMILES string of the molecule is CC.CC.COC(=O)c1ccc(C2CN(CC(F)F)CCN2Cc2c(OC)cc(C)c3c2ccn3C(=O)OC(C)(C)C)cc1OC. The molecule has 1 saturated heterocycles. The van der Waals surface area contributed by atoms with Crippen molar-refractivity contribution in [3.8, 4) is 11.5 Å². The van der Waals surface area contributed by atoms with E-state index in [9.17, 15) is 18.4 Å². The summed E-state index contributed by atoms with van der Waals surface area (Å²) in [6, 6.07) is 8.67. The predicted octanol–water partition coefficient (Wildman–Crippen LogP) is 7.71. The highest BCUT2D eigenvalue weighted by atomic mass is 19.3. The number of methoxy groups -OCH3 is 3. The van der Waals surface area contributed by atoms with Crippen LogP contribution in [0.4, 0.5) is 13.6 Å². The van der Waals surface area contributed by atoms with Crippen molar-refractivity contribution < 1.29 is 37.3 Å². The molecule has 0 amide bonds. The van der Waals surface area contributed by atoms with E-state index in [2.05, 4.69) is 4.90 Å². The Kier molecular flexibility index (Phi) is 14.5. The molecule has 2 heterocycles. The van der Waals surface area contributed by atoms with Crippen molar-refractivity contribution in [1.29, 1.82) is 0 Å². The molecule has 1 atom stereocenters. The molecule has 1 aliphatic heterocycles. The van der Waals surface area contributed by atoms with E-state index in [0.29, 0.717) is 37.7 Å². The number of aryl methyl sites for hydroxylation is 1. The van der Waals surface area contributed by atoms with Crippen LogP contribution >= 0.6 is 0 Å². The van der Waals surface area contributed by atoms with E-state index in [0.717, 1.165) is 27.6 Å². The van der Waals surface area contributed by atoms with Crippen molar-refractivity contribution in [2.75, 3.05) is 47.5 Å². The number of nitrogens with zero attached hydrogens (tertiary/aromatic N) is 3. The Morgan fingerprint density at radius 2 is 1.61 bits per heavy atom. The largest absolute Gasteiger partial charge is 0.496 e. The molecule has 4 rings (SSSR count). The summed E-state index contributed by atoms with van der Waals surface area (Å²) in [5.74, 6) is 0.476. The van der Waals surface area contributed by atoms with Gasteiger partial charge in [0.2, 0.25) is 0 Å². The molecule has 0 saturated carbocycles. The van der Waals surface area contributed by atoms with Crippen LogP contribution in [0.15, 0.2) is 36.5 Å². The van der Waals surface area contributed by atoms with Crippen molar-refractivity contribution in [3.05, 3.63) is 58.8 Å². The minimum atomic E-state index is -2.46. The smallest absolute Gasteiger partial charge is 0.419 e. The number of aromatic nitrogens is 1. The zero-order valence-corrected chi connectivity index (χ0v) is 29.2. The molecule has 2 aromatic carbocycles. The zero-order valence-electron chi connectivity index (χ0n) is 29.2. The normalized spacial score (nSPS) is 15.4. The van der Waals surface area contributed by atoms with Crippen molar-refractivity contribution >= 4 is 23.0 Å². The first-order valence-electron chi connectivity index (χ1n) is 15.8. The quantitative estimate of drug-likeness (QED) is 0.230. The van der Waals surface area contributed by atoms with Gasteiger partial charge in [-0.15, -0.1) is 0 Å². The molecule has 1 aromatic heterocycles. The molecule has 46 heavy (non-hydrogen) atoms. The molecule has 0 aliphatic carbocycles. The van der Waals surface area contributed by atoms with Gasteiger partial charge in [0, 0.05) is 49.4 Å². The Labute approximate surface area is 272 Å². The Morgan fingerprint density at radius 1 is 0.957 bits per heavy atom. The van der Waals surface area contributed by atoms with Crippen LogP contribution < -0.4 is 9.47 Å². The van der Waals surface area contributed by atoms with E-state index in [-0.39, 0.29) is 18.2 Å². The van der Waals surface area contributed by atoms with Gasteiger partial charge in [-0.05, 0) is 63.1 Å². The standard InChI is InChI=1S/C31H39F2N3O6.2C2H6/c1-19-14-25(39-5)23(21-10-11-36(28(19)21)30(38)42-31(2,3)4)16-35-13-12-34(18-27(32)33)17-24(35)20-8-9-22(29(37)41-7)26(15-20)40-6;2*1-2/h8-11,14-15,24,27H,12-13,16-18H2,1-7H3;2*1-2H3. The van der Waals surface area contributed by atoms with Gasteiger partial charge in [0.1, 0.15) is 22.7 Å². The van der Waals surface area contributed by atoms with Crippen LogP contribution in [0.25, 0.3) is 10.9 Å². The summed E-state index contributed by atoms with van der Waals surface area (Å²) in [5.41, 5.74) is 2.87. The third kappa shape index (κ3) is 9.19. The molecule has 0 bridgehead atoms. The molecule has 256 valence electrons. The lowest BCUT2D eigenvalue weighted by Gasteiger charge is -2.42. The lowest BCUT2D eigenvalue weighted by atomic mass is 9.97. The van der Waals surface area contributed by atoms with Crippen LogP contribution in [0, 0.1) is 6.92 Å². The van der Waals surface area contributed by atoms with E-state index >= 15 is 0 Å². The van der Waals surface area contributed by atoms with E-state index < -0.39 is 24.1 Å². The van der Waals surface area contributed by atoms with Gasteiger partial charge in [-0.3, -0.25) is 14.4 Å². The summed E-state index contributed by atoms with van der Waals surface area (Å²) in [7, 11) is 4.37. The highest BCUT2D eigenvalue weighted by molar-refractivity contribution is 5.95. The average Bonchev–Trinajstić information content (AvgIpc) is 3.49. The first-order valence-corrected chi connectivity index (χ1v) is 15.8.